The monoisotopic (exact) mass is 403 g/mol. The van der Waals surface area contributed by atoms with Gasteiger partial charge in [-0.1, -0.05) is 18.2 Å². The van der Waals surface area contributed by atoms with Gasteiger partial charge in [0, 0.05) is 31.9 Å². The quantitative estimate of drug-likeness (QED) is 0.778. The Hall–Kier alpha value is -2.61. The van der Waals surface area contributed by atoms with E-state index in [-0.39, 0.29) is 42.6 Å². The number of carbonyl (C=O) groups is 3. The van der Waals surface area contributed by atoms with E-state index in [1.807, 2.05) is 44.2 Å². The van der Waals surface area contributed by atoms with Crippen LogP contribution in [0.2, 0.25) is 0 Å². The van der Waals surface area contributed by atoms with Gasteiger partial charge >= 0.3 is 12.0 Å². The predicted octanol–water partition coefficient (Wildman–Crippen LogP) is 2.11. The summed E-state index contributed by atoms with van der Waals surface area (Å²) in [6.07, 6.45) is 1.01. The van der Waals surface area contributed by atoms with Gasteiger partial charge in [0.2, 0.25) is 0 Å². The fourth-order valence-corrected chi connectivity index (χ4v) is 3.77. The van der Waals surface area contributed by atoms with Gasteiger partial charge in [-0.2, -0.15) is 0 Å². The molecule has 8 nitrogen and oxygen atoms in total. The fraction of sp³-hybridized carbons (Fsp3) is 0.571. The van der Waals surface area contributed by atoms with E-state index in [4.69, 9.17) is 9.47 Å². The molecular formula is C21H29N3O5. The van der Waals surface area contributed by atoms with Gasteiger partial charge in [-0.3, -0.25) is 9.59 Å². The molecule has 2 saturated heterocycles. The van der Waals surface area contributed by atoms with Crippen LogP contribution in [0.15, 0.2) is 30.3 Å². The number of ether oxygens (including phenoxy) is 2. The molecule has 2 aliphatic rings. The Morgan fingerprint density at radius 1 is 1.03 bits per heavy atom. The summed E-state index contributed by atoms with van der Waals surface area (Å²) >= 11 is 0. The molecule has 3 amide bonds. The van der Waals surface area contributed by atoms with Crippen molar-refractivity contribution in [3.8, 4) is 0 Å². The minimum atomic E-state index is -0.365. The number of amides is 3. The number of benzene rings is 1. The molecule has 0 aliphatic carbocycles. The molecule has 0 unspecified atom stereocenters. The average molecular weight is 403 g/mol. The SMILES string of the molecule is C[C@@H]1CN(C(=O)COC(=O)C2CCN(C(=O)Nc3ccccc3)CC2)C[C@@H](C)O1. The summed E-state index contributed by atoms with van der Waals surface area (Å²) < 4.78 is 10.9. The lowest BCUT2D eigenvalue weighted by molar-refractivity contribution is -0.160. The van der Waals surface area contributed by atoms with E-state index in [2.05, 4.69) is 5.32 Å². The van der Waals surface area contributed by atoms with Crippen molar-refractivity contribution >= 4 is 23.6 Å². The van der Waals surface area contributed by atoms with Gasteiger partial charge in [-0.05, 0) is 38.8 Å². The highest BCUT2D eigenvalue weighted by atomic mass is 16.5. The molecule has 2 fully saturated rings. The first-order valence-corrected chi connectivity index (χ1v) is 10.1. The lowest BCUT2D eigenvalue weighted by atomic mass is 9.97. The number of nitrogens with one attached hydrogen (secondary N) is 1. The lowest BCUT2D eigenvalue weighted by Gasteiger charge is -2.35. The van der Waals surface area contributed by atoms with Crippen LogP contribution in [0, 0.1) is 5.92 Å². The third-order valence-corrected chi connectivity index (χ3v) is 5.25. The Balaban J connectivity index is 1.39. The van der Waals surface area contributed by atoms with E-state index < -0.39 is 0 Å². The van der Waals surface area contributed by atoms with Gasteiger partial charge in [-0.15, -0.1) is 0 Å². The zero-order valence-electron chi connectivity index (χ0n) is 17.0. The number of carbonyl (C=O) groups excluding carboxylic acids is 3. The van der Waals surface area contributed by atoms with Crippen LogP contribution in [0.3, 0.4) is 0 Å². The first-order valence-electron chi connectivity index (χ1n) is 10.1. The summed E-state index contributed by atoms with van der Waals surface area (Å²) in [7, 11) is 0. The number of nitrogens with zero attached hydrogens (tertiary/aromatic N) is 2. The minimum absolute atomic E-state index is 0.0234. The molecular weight excluding hydrogens is 374 g/mol. The highest BCUT2D eigenvalue weighted by Crippen LogP contribution is 2.20. The van der Waals surface area contributed by atoms with Gasteiger partial charge in [0.05, 0.1) is 18.1 Å². The molecule has 2 atom stereocenters. The Morgan fingerprint density at radius 2 is 1.66 bits per heavy atom. The van der Waals surface area contributed by atoms with Crippen LogP contribution in [0.5, 0.6) is 0 Å². The normalized spacial score (nSPS) is 22.8. The molecule has 0 saturated carbocycles. The van der Waals surface area contributed by atoms with Crippen molar-refractivity contribution in [3.05, 3.63) is 30.3 Å². The largest absolute Gasteiger partial charge is 0.455 e. The first-order chi connectivity index (χ1) is 13.9. The summed E-state index contributed by atoms with van der Waals surface area (Å²) in [5.74, 6) is -0.845. The molecule has 1 N–H and O–H groups in total. The van der Waals surface area contributed by atoms with Gasteiger partial charge in [0.15, 0.2) is 6.61 Å². The highest BCUT2D eigenvalue weighted by Gasteiger charge is 2.30. The Kier molecular flexibility index (Phi) is 7.09. The molecule has 3 rings (SSSR count). The van der Waals surface area contributed by atoms with E-state index in [9.17, 15) is 14.4 Å². The molecule has 0 spiro atoms. The number of rotatable bonds is 4. The summed E-state index contributed by atoms with van der Waals surface area (Å²) in [4.78, 5) is 40.4. The zero-order chi connectivity index (χ0) is 20.8. The second kappa shape index (κ2) is 9.73. The number of hydrogen-bond acceptors (Lipinski definition) is 5. The smallest absolute Gasteiger partial charge is 0.321 e. The Morgan fingerprint density at radius 3 is 2.28 bits per heavy atom. The summed E-state index contributed by atoms with van der Waals surface area (Å²) in [6, 6.07) is 9.09. The molecule has 0 bridgehead atoms. The van der Waals surface area contributed by atoms with Gasteiger partial charge < -0.3 is 24.6 Å². The fourth-order valence-electron chi connectivity index (χ4n) is 3.77. The number of morpholine rings is 1. The van der Waals surface area contributed by atoms with Crippen LogP contribution in [-0.2, 0) is 19.1 Å². The van der Waals surface area contributed by atoms with Crippen LogP contribution in [0.25, 0.3) is 0 Å². The average Bonchev–Trinajstić information content (AvgIpc) is 2.72. The predicted molar refractivity (Wildman–Crippen MR) is 107 cm³/mol. The number of urea groups is 1. The number of esters is 1. The number of likely N-dealkylation sites (tertiary alicyclic amines) is 1. The van der Waals surface area contributed by atoms with Crippen LogP contribution in [0.4, 0.5) is 10.5 Å². The van der Waals surface area contributed by atoms with E-state index in [0.717, 1.165) is 5.69 Å². The topological polar surface area (TPSA) is 88.2 Å². The molecule has 0 radical (unpaired) electrons. The highest BCUT2D eigenvalue weighted by molar-refractivity contribution is 5.89. The summed E-state index contributed by atoms with van der Waals surface area (Å²) in [5, 5.41) is 2.85. The van der Waals surface area contributed by atoms with E-state index in [1.165, 1.54) is 0 Å². The van der Waals surface area contributed by atoms with Crippen molar-refractivity contribution in [2.45, 2.75) is 38.9 Å². The van der Waals surface area contributed by atoms with E-state index >= 15 is 0 Å². The molecule has 8 heteroatoms. The van der Waals surface area contributed by atoms with Crippen LogP contribution in [-0.4, -0.2) is 72.7 Å². The molecule has 2 aliphatic heterocycles. The number of para-hydroxylation sites is 1. The van der Waals surface area contributed by atoms with Crippen molar-refractivity contribution in [1.82, 2.24) is 9.80 Å². The van der Waals surface area contributed by atoms with Crippen LogP contribution < -0.4 is 5.32 Å². The molecule has 1 aromatic rings. The number of anilines is 1. The second-order valence-electron chi connectivity index (χ2n) is 7.72. The van der Waals surface area contributed by atoms with Gasteiger partial charge in [0.25, 0.3) is 5.91 Å². The zero-order valence-corrected chi connectivity index (χ0v) is 17.0. The van der Waals surface area contributed by atoms with Crippen LogP contribution in [0.1, 0.15) is 26.7 Å². The van der Waals surface area contributed by atoms with Gasteiger partial charge in [-0.25, -0.2) is 4.79 Å². The molecule has 29 heavy (non-hydrogen) atoms. The Labute approximate surface area is 171 Å². The maximum absolute atomic E-state index is 12.3. The number of piperidine rings is 1. The van der Waals surface area contributed by atoms with E-state index in [1.54, 1.807) is 9.80 Å². The van der Waals surface area contributed by atoms with Crippen molar-refractivity contribution < 1.29 is 23.9 Å². The van der Waals surface area contributed by atoms with Crippen molar-refractivity contribution in [2.24, 2.45) is 5.92 Å². The molecule has 1 aromatic carbocycles. The van der Waals surface area contributed by atoms with Crippen molar-refractivity contribution in [3.63, 3.8) is 0 Å². The van der Waals surface area contributed by atoms with E-state index in [0.29, 0.717) is 39.0 Å². The molecule has 0 aromatic heterocycles. The molecule has 158 valence electrons. The van der Waals surface area contributed by atoms with Crippen molar-refractivity contribution in [1.29, 1.82) is 0 Å². The number of hydrogen-bond donors (Lipinski definition) is 1. The first kappa shape index (κ1) is 21.1. The third-order valence-electron chi connectivity index (χ3n) is 5.25. The maximum atomic E-state index is 12.3. The third kappa shape index (κ3) is 5.93. The summed E-state index contributed by atoms with van der Waals surface area (Å²) in [5.41, 5.74) is 0.740. The van der Waals surface area contributed by atoms with Crippen molar-refractivity contribution in [2.75, 3.05) is 38.1 Å². The Bertz CT molecular complexity index is 708. The maximum Gasteiger partial charge on any atom is 0.321 e. The van der Waals surface area contributed by atoms with Gasteiger partial charge in [0.1, 0.15) is 0 Å². The minimum Gasteiger partial charge on any atom is -0.455 e. The van der Waals surface area contributed by atoms with Crippen LogP contribution >= 0.6 is 0 Å². The second-order valence-corrected chi connectivity index (χ2v) is 7.72. The lowest BCUT2D eigenvalue weighted by Crippen LogP contribution is -2.49. The summed E-state index contributed by atoms with van der Waals surface area (Å²) in [6.45, 7) is 5.57. The standard InChI is InChI=1S/C21H29N3O5/c1-15-12-24(13-16(2)29-15)19(25)14-28-20(26)17-8-10-23(11-9-17)21(27)22-18-6-4-3-5-7-18/h3-7,15-17H,8-14H2,1-2H3,(H,22,27)/t15-,16-/m1/s1. The molecule has 2 heterocycles.